The topological polar surface area (TPSA) is 67.5 Å². The summed E-state index contributed by atoms with van der Waals surface area (Å²) in [5.41, 5.74) is 0.762. The molecule has 0 aliphatic rings. The van der Waals surface area contributed by atoms with Crippen molar-refractivity contribution in [2.45, 2.75) is 20.8 Å². The number of aromatic hydroxyl groups is 1. The quantitative estimate of drug-likeness (QED) is 0.766. The highest BCUT2D eigenvalue weighted by Crippen LogP contribution is 2.25. The Morgan fingerprint density at radius 3 is 2.53 bits per heavy atom. The Labute approximate surface area is 97.5 Å². The number of hydrogen-bond donors (Lipinski definition) is 1. The van der Waals surface area contributed by atoms with Gasteiger partial charge >= 0.3 is 0 Å². The Hall–Kier alpha value is -2.10. The van der Waals surface area contributed by atoms with Crippen LogP contribution < -0.4 is 5.43 Å². The Kier molecular flexibility index (Phi) is 2.50. The average molecular weight is 232 g/mol. The number of carbonyl (C=O) groups is 1. The van der Waals surface area contributed by atoms with E-state index in [-0.39, 0.29) is 22.5 Å². The first-order valence-corrected chi connectivity index (χ1v) is 5.19. The molecule has 0 spiro atoms. The summed E-state index contributed by atoms with van der Waals surface area (Å²) in [5, 5.41) is 9.96. The molecule has 2 rings (SSSR count). The first kappa shape index (κ1) is 11.4. The van der Waals surface area contributed by atoms with Crippen LogP contribution in [-0.2, 0) is 0 Å². The molecule has 0 unspecified atom stereocenters. The lowest BCUT2D eigenvalue weighted by atomic mass is 10.1. The van der Waals surface area contributed by atoms with E-state index in [1.54, 1.807) is 13.8 Å². The van der Waals surface area contributed by atoms with Crippen molar-refractivity contribution in [2.24, 2.45) is 0 Å². The van der Waals surface area contributed by atoms with Crippen molar-refractivity contribution in [3.05, 3.63) is 39.2 Å². The number of carbonyl (C=O) groups excluding carboxylic acids is 1. The van der Waals surface area contributed by atoms with Crippen molar-refractivity contribution in [2.75, 3.05) is 0 Å². The minimum Gasteiger partial charge on any atom is -0.507 e. The van der Waals surface area contributed by atoms with E-state index in [0.29, 0.717) is 22.3 Å². The largest absolute Gasteiger partial charge is 0.507 e. The molecule has 0 saturated heterocycles. The third kappa shape index (κ3) is 1.71. The van der Waals surface area contributed by atoms with Gasteiger partial charge in [-0.15, -0.1) is 0 Å². The second-order valence-electron chi connectivity index (χ2n) is 4.03. The molecule has 0 amide bonds. The molecule has 0 aliphatic heterocycles. The molecule has 1 aromatic heterocycles. The van der Waals surface area contributed by atoms with Crippen LogP contribution in [0.2, 0.25) is 0 Å². The van der Waals surface area contributed by atoms with E-state index >= 15 is 0 Å². The summed E-state index contributed by atoms with van der Waals surface area (Å²) in [7, 11) is 0. The van der Waals surface area contributed by atoms with E-state index in [1.807, 2.05) is 0 Å². The fourth-order valence-corrected chi connectivity index (χ4v) is 1.72. The molecule has 0 bridgehead atoms. The molecule has 0 fully saturated rings. The molecule has 17 heavy (non-hydrogen) atoms. The number of hydrogen-bond acceptors (Lipinski definition) is 4. The first-order valence-electron chi connectivity index (χ1n) is 5.19. The highest BCUT2D eigenvalue weighted by molar-refractivity contribution is 6.00. The van der Waals surface area contributed by atoms with Gasteiger partial charge in [-0.25, -0.2) is 0 Å². The van der Waals surface area contributed by atoms with Gasteiger partial charge in [0.1, 0.15) is 17.1 Å². The molecule has 1 heterocycles. The molecule has 1 N–H and O–H groups in total. The van der Waals surface area contributed by atoms with E-state index in [2.05, 4.69) is 0 Å². The van der Waals surface area contributed by atoms with Gasteiger partial charge < -0.3 is 9.52 Å². The van der Waals surface area contributed by atoms with Gasteiger partial charge in [0.25, 0.3) is 0 Å². The van der Waals surface area contributed by atoms with Crippen molar-refractivity contribution in [1.82, 2.24) is 0 Å². The number of phenolic OH excluding ortho intramolecular Hbond substituents is 1. The van der Waals surface area contributed by atoms with E-state index in [9.17, 15) is 14.7 Å². The highest BCUT2D eigenvalue weighted by Gasteiger charge is 2.13. The standard InChI is InChI=1S/C13H12O4/c1-6-8(3)17-12-5-11(15)9(7(2)14)4-10(12)13(6)16/h4-5,15H,1-3H3. The van der Waals surface area contributed by atoms with Crippen molar-refractivity contribution < 1.29 is 14.3 Å². The van der Waals surface area contributed by atoms with Gasteiger partial charge in [0.15, 0.2) is 11.2 Å². The summed E-state index contributed by atoms with van der Waals surface area (Å²) in [5.74, 6) is 0.0518. The Morgan fingerprint density at radius 2 is 1.94 bits per heavy atom. The number of Topliss-reactive ketones (excluding diaryl/α,β-unsaturated/α-hetero) is 1. The summed E-state index contributed by atoms with van der Waals surface area (Å²) in [4.78, 5) is 23.3. The van der Waals surface area contributed by atoms with Crippen molar-refractivity contribution >= 4 is 16.8 Å². The third-order valence-electron chi connectivity index (χ3n) is 2.85. The maximum absolute atomic E-state index is 12.0. The molecule has 1 aromatic carbocycles. The zero-order chi connectivity index (χ0) is 12.7. The van der Waals surface area contributed by atoms with Gasteiger partial charge in [0, 0.05) is 11.6 Å². The molecular formula is C13H12O4. The Morgan fingerprint density at radius 1 is 1.29 bits per heavy atom. The number of phenols is 1. The van der Waals surface area contributed by atoms with E-state index in [0.717, 1.165) is 0 Å². The highest BCUT2D eigenvalue weighted by atomic mass is 16.3. The number of ketones is 1. The second-order valence-corrected chi connectivity index (χ2v) is 4.03. The second kappa shape index (κ2) is 3.73. The van der Waals surface area contributed by atoms with Gasteiger partial charge in [0.05, 0.1) is 10.9 Å². The molecule has 4 heteroatoms. The molecular weight excluding hydrogens is 220 g/mol. The third-order valence-corrected chi connectivity index (χ3v) is 2.85. The first-order chi connectivity index (χ1) is 7.91. The number of fused-ring (bicyclic) bond motifs is 1. The van der Waals surface area contributed by atoms with Crippen molar-refractivity contribution in [1.29, 1.82) is 0 Å². The molecule has 0 saturated carbocycles. The number of benzene rings is 1. The monoisotopic (exact) mass is 232 g/mol. The molecule has 4 nitrogen and oxygen atoms in total. The van der Waals surface area contributed by atoms with Crippen molar-refractivity contribution in [3.63, 3.8) is 0 Å². The lowest BCUT2D eigenvalue weighted by Gasteiger charge is -2.05. The van der Waals surface area contributed by atoms with Gasteiger partial charge in [-0.1, -0.05) is 0 Å². The van der Waals surface area contributed by atoms with Gasteiger partial charge in [-0.05, 0) is 26.8 Å². The van der Waals surface area contributed by atoms with Crippen molar-refractivity contribution in [3.8, 4) is 5.75 Å². The smallest absolute Gasteiger partial charge is 0.195 e. The van der Waals surface area contributed by atoms with E-state index in [1.165, 1.54) is 19.1 Å². The van der Waals surface area contributed by atoms with Crippen LogP contribution in [0.4, 0.5) is 0 Å². The van der Waals surface area contributed by atoms with Crippen LogP contribution in [0.5, 0.6) is 5.75 Å². The normalized spacial score (nSPS) is 10.8. The SMILES string of the molecule is CC(=O)c1cc2c(=O)c(C)c(C)oc2cc1O. The fourth-order valence-electron chi connectivity index (χ4n) is 1.72. The van der Waals surface area contributed by atoms with Gasteiger partial charge in [-0.2, -0.15) is 0 Å². The molecule has 88 valence electrons. The van der Waals surface area contributed by atoms with Crippen LogP contribution in [0.3, 0.4) is 0 Å². The molecule has 0 radical (unpaired) electrons. The molecule has 0 aliphatic carbocycles. The van der Waals surface area contributed by atoms with E-state index in [4.69, 9.17) is 4.42 Å². The van der Waals surface area contributed by atoms with Crippen LogP contribution in [0.25, 0.3) is 11.0 Å². The summed E-state index contributed by atoms with van der Waals surface area (Å²) < 4.78 is 5.42. The predicted octanol–water partition coefficient (Wildman–Crippen LogP) is 2.32. The van der Waals surface area contributed by atoms with Crippen LogP contribution in [-0.4, -0.2) is 10.9 Å². The lowest BCUT2D eigenvalue weighted by Crippen LogP contribution is -2.08. The zero-order valence-electron chi connectivity index (χ0n) is 9.83. The minimum absolute atomic E-state index is 0.132. The lowest BCUT2D eigenvalue weighted by molar-refractivity contribution is 0.101. The van der Waals surface area contributed by atoms with Gasteiger partial charge in [0.2, 0.25) is 0 Å². The van der Waals surface area contributed by atoms with Crippen LogP contribution in [0.1, 0.15) is 28.6 Å². The Bertz CT molecular complexity index is 680. The fraction of sp³-hybridized carbons (Fsp3) is 0.231. The minimum atomic E-state index is -0.290. The van der Waals surface area contributed by atoms with Crippen LogP contribution >= 0.6 is 0 Å². The summed E-state index contributed by atoms with van der Waals surface area (Å²) in [6, 6.07) is 2.69. The average Bonchev–Trinajstić information content (AvgIpc) is 2.25. The molecule has 2 aromatic rings. The van der Waals surface area contributed by atoms with Crippen LogP contribution in [0.15, 0.2) is 21.3 Å². The summed E-state index contributed by atoms with van der Waals surface area (Å²) >= 11 is 0. The predicted molar refractivity (Wildman–Crippen MR) is 63.6 cm³/mol. The zero-order valence-corrected chi connectivity index (χ0v) is 9.83. The van der Waals surface area contributed by atoms with Crippen LogP contribution in [0, 0.1) is 13.8 Å². The maximum Gasteiger partial charge on any atom is 0.195 e. The Balaban J connectivity index is 2.95. The maximum atomic E-state index is 12.0. The number of aryl methyl sites for hydroxylation is 1. The summed E-state index contributed by atoms with van der Waals surface area (Å²) in [6.45, 7) is 4.69. The van der Waals surface area contributed by atoms with Gasteiger partial charge in [-0.3, -0.25) is 9.59 Å². The number of rotatable bonds is 1. The van der Waals surface area contributed by atoms with E-state index < -0.39 is 0 Å². The summed E-state index contributed by atoms with van der Waals surface area (Å²) in [6.07, 6.45) is 0. The molecule has 0 atom stereocenters.